The van der Waals surface area contributed by atoms with Gasteiger partial charge in [0.1, 0.15) is 5.75 Å². The second-order valence-electron chi connectivity index (χ2n) is 3.95. The van der Waals surface area contributed by atoms with Crippen molar-refractivity contribution in [2.45, 2.75) is 26.9 Å². The second-order valence-corrected chi connectivity index (χ2v) is 4.36. The molecule has 0 unspecified atom stereocenters. The predicted molar refractivity (Wildman–Crippen MR) is 65.2 cm³/mol. The van der Waals surface area contributed by atoms with Crippen molar-refractivity contribution in [2.75, 3.05) is 0 Å². The normalized spacial score (nSPS) is 10.9. The van der Waals surface area contributed by atoms with E-state index in [2.05, 4.69) is 10.1 Å². The number of hydrogen-bond donors (Lipinski definition) is 0. The minimum atomic E-state index is 0.0887. The molecule has 17 heavy (non-hydrogen) atoms. The maximum atomic E-state index is 6.12. The molecule has 2 aromatic rings. The first-order valence-electron chi connectivity index (χ1n) is 5.33. The summed E-state index contributed by atoms with van der Waals surface area (Å²) in [6.07, 6.45) is 0.0887. The van der Waals surface area contributed by atoms with Gasteiger partial charge < -0.3 is 9.26 Å². The van der Waals surface area contributed by atoms with E-state index in [1.165, 1.54) is 0 Å². The van der Waals surface area contributed by atoms with Gasteiger partial charge in [-0.25, -0.2) is 0 Å². The molecule has 1 heterocycles. The molecule has 0 aliphatic rings. The van der Waals surface area contributed by atoms with Crippen molar-refractivity contribution in [1.29, 1.82) is 0 Å². The second kappa shape index (κ2) is 4.75. The minimum Gasteiger partial charge on any atom is -0.489 e. The van der Waals surface area contributed by atoms with E-state index in [4.69, 9.17) is 20.9 Å². The molecule has 1 aromatic heterocycles. The molecule has 0 spiro atoms. The van der Waals surface area contributed by atoms with Gasteiger partial charge in [0.15, 0.2) is 0 Å². The zero-order valence-electron chi connectivity index (χ0n) is 9.90. The standard InChI is InChI=1S/C12H13ClN2O2/c1-7(2)16-11-5-4-9(6-10(11)13)12-14-8(3)17-15-12/h4-7H,1-3H3. The zero-order chi connectivity index (χ0) is 12.4. The molecule has 5 heteroatoms. The molecule has 0 atom stereocenters. The van der Waals surface area contributed by atoms with Crippen LogP contribution >= 0.6 is 11.6 Å². The van der Waals surface area contributed by atoms with Crippen LogP contribution in [0.3, 0.4) is 0 Å². The van der Waals surface area contributed by atoms with E-state index in [0.29, 0.717) is 22.5 Å². The highest BCUT2D eigenvalue weighted by Crippen LogP contribution is 2.29. The van der Waals surface area contributed by atoms with Crippen LogP contribution in [0.1, 0.15) is 19.7 Å². The Hall–Kier alpha value is -1.55. The molecule has 0 N–H and O–H groups in total. The number of aryl methyl sites for hydroxylation is 1. The molecule has 0 saturated carbocycles. The Morgan fingerprint density at radius 1 is 1.35 bits per heavy atom. The van der Waals surface area contributed by atoms with E-state index >= 15 is 0 Å². The van der Waals surface area contributed by atoms with Crippen LogP contribution in [0.25, 0.3) is 11.4 Å². The Balaban J connectivity index is 2.30. The molecule has 0 aliphatic carbocycles. The lowest BCUT2D eigenvalue weighted by Gasteiger charge is -2.11. The predicted octanol–water partition coefficient (Wildman–Crippen LogP) is 3.49. The van der Waals surface area contributed by atoms with Gasteiger partial charge >= 0.3 is 0 Å². The van der Waals surface area contributed by atoms with Crippen molar-refractivity contribution in [3.05, 3.63) is 29.1 Å². The van der Waals surface area contributed by atoms with E-state index in [9.17, 15) is 0 Å². The number of ether oxygens (including phenoxy) is 1. The average molecular weight is 253 g/mol. The van der Waals surface area contributed by atoms with Crippen molar-refractivity contribution in [1.82, 2.24) is 10.1 Å². The quantitative estimate of drug-likeness (QED) is 0.839. The third-order valence-electron chi connectivity index (χ3n) is 2.08. The van der Waals surface area contributed by atoms with Crippen LogP contribution in [-0.2, 0) is 0 Å². The Labute approximate surface area is 105 Å². The Morgan fingerprint density at radius 2 is 2.12 bits per heavy atom. The van der Waals surface area contributed by atoms with Crippen LogP contribution in [-0.4, -0.2) is 16.2 Å². The van der Waals surface area contributed by atoms with Crippen molar-refractivity contribution in [3.8, 4) is 17.1 Å². The highest BCUT2D eigenvalue weighted by molar-refractivity contribution is 6.32. The van der Waals surface area contributed by atoms with Crippen LogP contribution in [0.4, 0.5) is 0 Å². The summed E-state index contributed by atoms with van der Waals surface area (Å²) in [5.74, 6) is 1.71. The van der Waals surface area contributed by atoms with Gasteiger partial charge in [-0.05, 0) is 32.0 Å². The van der Waals surface area contributed by atoms with Gasteiger partial charge in [0, 0.05) is 12.5 Å². The molecule has 0 fully saturated rings. The van der Waals surface area contributed by atoms with E-state index < -0.39 is 0 Å². The van der Waals surface area contributed by atoms with Gasteiger partial charge in [0.25, 0.3) is 0 Å². The fraction of sp³-hybridized carbons (Fsp3) is 0.333. The molecule has 0 bridgehead atoms. The molecule has 0 saturated heterocycles. The first kappa shape index (κ1) is 11.9. The SMILES string of the molecule is Cc1nc(-c2ccc(OC(C)C)c(Cl)c2)no1. The molecular weight excluding hydrogens is 240 g/mol. The van der Waals surface area contributed by atoms with E-state index in [-0.39, 0.29) is 6.10 Å². The lowest BCUT2D eigenvalue weighted by molar-refractivity contribution is 0.242. The summed E-state index contributed by atoms with van der Waals surface area (Å²) in [4.78, 5) is 4.14. The zero-order valence-corrected chi connectivity index (χ0v) is 10.7. The minimum absolute atomic E-state index is 0.0887. The first-order valence-corrected chi connectivity index (χ1v) is 5.71. The monoisotopic (exact) mass is 252 g/mol. The maximum absolute atomic E-state index is 6.12. The Kier molecular flexibility index (Phi) is 3.33. The topological polar surface area (TPSA) is 48.2 Å². The van der Waals surface area contributed by atoms with Gasteiger partial charge in [0.2, 0.25) is 11.7 Å². The number of benzene rings is 1. The fourth-order valence-electron chi connectivity index (χ4n) is 1.41. The molecule has 0 aliphatic heterocycles. The summed E-state index contributed by atoms with van der Waals surface area (Å²) in [5, 5.41) is 4.37. The third kappa shape index (κ3) is 2.77. The van der Waals surface area contributed by atoms with Gasteiger partial charge in [0.05, 0.1) is 11.1 Å². The molecular formula is C12H13ClN2O2. The number of hydrogen-bond acceptors (Lipinski definition) is 4. The van der Waals surface area contributed by atoms with Crippen molar-refractivity contribution in [3.63, 3.8) is 0 Å². The van der Waals surface area contributed by atoms with Crippen molar-refractivity contribution >= 4 is 11.6 Å². The number of rotatable bonds is 3. The summed E-state index contributed by atoms with van der Waals surface area (Å²) in [6.45, 7) is 5.65. The largest absolute Gasteiger partial charge is 0.489 e. The highest BCUT2D eigenvalue weighted by Gasteiger charge is 2.10. The molecule has 1 aromatic carbocycles. The molecule has 0 radical (unpaired) electrons. The van der Waals surface area contributed by atoms with Crippen LogP contribution in [0.15, 0.2) is 22.7 Å². The summed E-state index contributed by atoms with van der Waals surface area (Å²) >= 11 is 6.12. The van der Waals surface area contributed by atoms with Crippen molar-refractivity contribution < 1.29 is 9.26 Å². The summed E-state index contributed by atoms with van der Waals surface area (Å²) in [6, 6.07) is 5.43. The summed E-state index contributed by atoms with van der Waals surface area (Å²) in [7, 11) is 0. The lowest BCUT2D eigenvalue weighted by atomic mass is 10.2. The molecule has 0 amide bonds. The third-order valence-corrected chi connectivity index (χ3v) is 2.38. The van der Waals surface area contributed by atoms with Gasteiger partial charge in [-0.1, -0.05) is 16.8 Å². The van der Waals surface area contributed by atoms with Crippen molar-refractivity contribution in [2.24, 2.45) is 0 Å². The number of halogens is 1. The van der Waals surface area contributed by atoms with Crippen LogP contribution in [0, 0.1) is 6.92 Å². The number of aromatic nitrogens is 2. The highest BCUT2D eigenvalue weighted by atomic mass is 35.5. The maximum Gasteiger partial charge on any atom is 0.223 e. The van der Waals surface area contributed by atoms with Crippen LogP contribution in [0.5, 0.6) is 5.75 Å². The van der Waals surface area contributed by atoms with E-state index in [1.807, 2.05) is 26.0 Å². The molecule has 4 nitrogen and oxygen atoms in total. The fourth-order valence-corrected chi connectivity index (χ4v) is 1.63. The summed E-state index contributed by atoms with van der Waals surface area (Å²) in [5.41, 5.74) is 0.808. The first-order chi connectivity index (χ1) is 8.06. The Morgan fingerprint density at radius 3 is 2.65 bits per heavy atom. The van der Waals surface area contributed by atoms with Crippen LogP contribution in [0.2, 0.25) is 5.02 Å². The van der Waals surface area contributed by atoms with E-state index in [1.54, 1.807) is 13.0 Å². The van der Waals surface area contributed by atoms with Gasteiger partial charge in [-0.3, -0.25) is 0 Å². The molecule has 90 valence electrons. The number of nitrogens with zero attached hydrogens (tertiary/aromatic N) is 2. The van der Waals surface area contributed by atoms with E-state index in [0.717, 1.165) is 5.56 Å². The summed E-state index contributed by atoms with van der Waals surface area (Å²) < 4.78 is 10.5. The van der Waals surface area contributed by atoms with Gasteiger partial charge in [-0.2, -0.15) is 4.98 Å². The van der Waals surface area contributed by atoms with Gasteiger partial charge in [-0.15, -0.1) is 0 Å². The lowest BCUT2D eigenvalue weighted by Crippen LogP contribution is -2.05. The Bertz CT molecular complexity index is 523. The smallest absolute Gasteiger partial charge is 0.223 e. The molecule has 2 rings (SSSR count). The van der Waals surface area contributed by atoms with Crippen LogP contribution < -0.4 is 4.74 Å². The average Bonchev–Trinajstić information content (AvgIpc) is 2.67.